The van der Waals surface area contributed by atoms with Crippen molar-refractivity contribution in [3.05, 3.63) is 96.6 Å². The highest BCUT2D eigenvalue weighted by atomic mass is 28.4. The second kappa shape index (κ2) is 12.5. The van der Waals surface area contributed by atoms with Gasteiger partial charge in [0.15, 0.2) is 0 Å². The SMILES string of the molecule is CC(C)(C)[Si](O[C@@H]1COC[C@]1(C)N1CCC(NC(=O)OCc2ccccc2)CC1)(c1ccccc1)c1ccccc1. The lowest BCUT2D eigenvalue weighted by Gasteiger charge is -2.50. The van der Waals surface area contributed by atoms with Crippen LogP contribution in [-0.4, -0.2) is 63.3 Å². The highest BCUT2D eigenvalue weighted by Gasteiger charge is 2.56. The average molecular weight is 573 g/mol. The monoisotopic (exact) mass is 572 g/mol. The molecule has 0 aromatic heterocycles. The molecular weight excluding hydrogens is 528 g/mol. The van der Waals surface area contributed by atoms with Crippen LogP contribution in [-0.2, 0) is 20.5 Å². The van der Waals surface area contributed by atoms with Crippen molar-refractivity contribution in [3.8, 4) is 0 Å². The van der Waals surface area contributed by atoms with E-state index in [1.165, 1.54) is 10.4 Å². The van der Waals surface area contributed by atoms with E-state index in [1.54, 1.807) is 0 Å². The van der Waals surface area contributed by atoms with Gasteiger partial charge in [-0.05, 0) is 40.7 Å². The number of hydrogen-bond acceptors (Lipinski definition) is 5. The summed E-state index contributed by atoms with van der Waals surface area (Å²) in [4.78, 5) is 15.0. The first-order valence-electron chi connectivity index (χ1n) is 14.8. The van der Waals surface area contributed by atoms with E-state index < -0.39 is 8.32 Å². The highest BCUT2D eigenvalue weighted by Crippen LogP contribution is 2.41. The number of ether oxygens (including phenoxy) is 2. The van der Waals surface area contributed by atoms with Crippen molar-refractivity contribution in [1.82, 2.24) is 10.2 Å². The minimum atomic E-state index is -2.72. The maximum atomic E-state index is 12.5. The van der Waals surface area contributed by atoms with Crippen LogP contribution < -0.4 is 15.7 Å². The van der Waals surface area contributed by atoms with Crippen molar-refractivity contribution in [2.45, 2.75) is 69.9 Å². The molecule has 41 heavy (non-hydrogen) atoms. The summed E-state index contributed by atoms with van der Waals surface area (Å²) in [5.41, 5.74) is 0.727. The first-order chi connectivity index (χ1) is 19.7. The van der Waals surface area contributed by atoms with E-state index in [4.69, 9.17) is 13.9 Å². The van der Waals surface area contributed by atoms with Crippen molar-refractivity contribution >= 4 is 24.8 Å². The first-order valence-corrected chi connectivity index (χ1v) is 16.7. The molecule has 218 valence electrons. The van der Waals surface area contributed by atoms with Crippen LogP contribution in [0.2, 0.25) is 5.04 Å². The van der Waals surface area contributed by atoms with Gasteiger partial charge in [0.25, 0.3) is 8.32 Å². The van der Waals surface area contributed by atoms with E-state index in [0.717, 1.165) is 31.5 Å². The van der Waals surface area contributed by atoms with E-state index in [0.29, 0.717) is 13.2 Å². The molecule has 0 spiro atoms. The van der Waals surface area contributed by atoms with Crippen molar-refractivity contribution in [2.24, 2.45) is 0 Å². The number of piperidine rings is 1. The first kappa shape index (κ1) is 29.5. The molecule has 2 aliphatic heterocycles. The summed E-state index contributed by atoms with van der Waals surface area (Å²) < 4.78 is 19.2. The number of amides is 1. The van der Waals surface area contributed by atoms with Gasteiger partial charge in [-0.2, -0.15) is 0 Å². The Hall–Kier alpha value is -2.97. The molecule has 2 fully saturated rings. The fraction of sp³-hybridized carbons (Fsp3) is 0.441. The lowest BCUT2D eigenvalue weighted by molar-refractivity contribution is 0.00271. The maximum Gasteiger partial charge on any atom is 0.407 e. The number of carbonyl (C=O) groups is 1. The second-order valence-electron chi connectivity index (χ2n) is 12.6. The Morgan fingerprint density at radius 3 is 2.00 bits per heavy atom. The molecule has 1 amide bonds. The molecule has 2 atom stereocenters. The Morgan fingerprint density at radius 2 is 1.46 bits per heavy atom. The van der Waals surface area contributed by atoms with E-state index in [2.05, 4.69) is 98.6 Å². The van der Waals surface area contributed by atoms with Crippen molar-refractivity contribution in [3.63, 3.8) is 0 Å². The molecule has 3 aromatic rings. The third kappa shape index (κ3) is 6.28. The smallest absolute Gasteiger partial charge is 0.407 e. The molecule has 0 bridgehead atoms. The summed E-state index contributed by atoms with van der Waals surface area (Å²) in [5.74, 6) is 0. The summed E-state index contributed by atoms with van der Waals surface area (Å²) in [6, 6.07) is 31.5. The van der Waals surface area contributed by atoms with Crippen molar-refractivity contribution in [2.75, 3.05) is 26.3 Å². The lowest BCUT2D eigenvalue weighted by Crippen LogP contribution is -2.70. The number of alkyl carbamates (subject to hydrolysis) is 1. The average Bonchev–Trinajstić information content (AvgIpc) is 3.36. The summed E-state index contributed by atoms with van der Waals surface area (Å²) in [6.07, 6.45) is 1.30. The van der Waals surface area contributed by atoms with Gasteiger partial charge >= 0.3 is 6.09 Å². The molecule has 7 heteroatoms. The fourth-order valence-electron chi connectivity index (χ4n) is 6.47. The van der Waals surface area contributed by atoms with E-state index in [9.17, 15) is 4.79 Å². The van der Waals surface area contributed by atoms with Gasteiger partial charge in [0.2, 0.25) is 0 Å². The zero-order chi connectivity index (χ0) is 28.9. The van der Waals surface area contributed by atoms with Gasteiger partial charge in [0.05, 0.1) is 24.9 Å². The third-order valence-electron chi connectivity index (χ3n) is 8.85. The van der Waals surface area contributed by atoms with Gasteiger partial charge in [0, 0.05) is 19.1 Å². The Balaban J connectivity index is 1.30. The summed E-state index contributed by atoms with van der Waals surface area (Å²) >= 11 is 0. The summed E-state index contributed by atoms with van der Waals surface area (Å²) in [5, 5.41) is 5.55. The van der Waals surface area contributed by atoms with Crippen LogP contribution in [0.25, 0.3) is 0 Å². The quantitative estimate of drug-likeness (QED) is 0.380. The van der Waals surface area contributed by atoms with Gasteiger partial charge in [-0.25, -0.2) is 4.79 Å². The largest absolute Gasteiger partial charge is 0.445 e. The molecule has 0 saturated carbocycles. The van der Waals surface area contributed by atoms with E-state index in [-0.39, 0.29) is 35.4 Å². The normalized spacial score (nSPS) is 22.4. The number of nitrogens with one attached hydrogen (secondary N) is 1. The molecule has 6 nitrogen and oxygen atoms in total. The third-order valence-corrected chi connectivity index (χ3v) is 13.9. The van der Waals surface area contributed by atoms with Crippen LogP contribution in [0, 0.1) is 0 Å². The Morgan fingerprint density at radius 1 is 0.927 bits per heavy atom. The minimum absolute atomic E-state index is 0.0749. The number of nitrogens with zero attached hydrogens (tertiary/aromatic N) is 1. The summed E-state index contributed by atoms with van der Waals surface area (Å²) in [7, 11) is -2.72. The van der Waals surface area contributed by atoms with Crippen LogP contribution in [0.3, 0.4) is 0 Å². The van der Waals surface area contributed by atoms with E-state index in [1.807, 2.05) is 30.3 Å². The van der Waals surface area contributed by atoms with Gasteiger partial charge in [0.1, 0.15) is 6.61 Å². The van der Waals surface area contributed by atoms with Crippen LogP contribution in [0.5, 0.6) is 0 Å². The van der Waals surface area contributed by atoms with Gasteiger partial charge in [-0.15, -0.1) is 0 Å². The molecule has 1 N–H and O–H groups in total. The molecule has 0 aliphatic carbocycles. The van der Waals surface area contributed by atoms with Gasteiger partial charge < -0.3 is 19.2 Å². The highest BCUT2D eigenvalue weighted by molar-refractivity contribution is 6.99. The Bertz CT molecular complexity index is 1220. The summed E-state index contributed by atoms with van der Waals surface area (Å²) in [6.45, 7) is 12.5. The molecule has 5 rings (SSSR count). The predicted molar refractivity (Wildman–Crippen MR) is 166 cm³/mol. The van der Waals surface area contributed by atoms with Crippen LogP contribution >= 0.6 is 0 Å². The molecule has 2 aliphatic rings. The number of hydrogen-bond donors (Lipinski definition) is 1. The van der Waals surface area contributed by atoms with Crippen molar-refractivity contribution < 1.29 is 18.7 Å². The predicted octanol–water partition coefficient (Wildman–Crippen LogP) is 5.11. The molecule has 2 heterocycles. The Labute approximate surface area is 246 Å². The van der Waals surface area contributed by atoms with Crippen LogP contribution in [0.4, 0.5) is 4.79 Å². The number of benzene rings is 3. The van der Waals surface area contributed by atoms with Gasteiger partial charge in [-0.3, -0.25) is 4.90 Å². The number of likely N-dealkylation sites (tertiary alicyclic amines) is 1. The molecule has 3 aromatic carbocycles. The standard InChI is InChI=1S/C34H44N2O4Si/c1-33(2,3)41(29-16-10-6-11-17-29,30-18-12-7-13-19-30)40-31-25-38-26-34(31,4)36-22-20-28(21-23-36)35-32(37)39-24-27-14-8-5-9-15-27/h5-19,28,31H,20-26H2,1-4H3,(H,35,37)/t31-,34+/m1/s1. The Kier molecular flexibility index (Phi) is 8.99. The fourth-order valence-corrected chi connectivity index (χ4v) is 11.2. The zero-order valence-corrected chi connectivity index (χ0v) is 25.8. The van der Waals surface area contributed by atoms with Crippen molar-refractivity contribution in [1.29, 1.82) is 0 Å². The van der Waals surface area contributed by atoms with Crippen LogP contribution in [0.15, 0.2) is 91.0 Å². The molecular formula is C34H44N2O4Si. The molecule has 2 saturated heterocycles. The van der Waals surface area contributed by atoms with Crippen LogP contribution in [0.1, 0.15) is 46.1 Å². The lowest BCUT2D eigenvalue weighted by atomic mass is 9.92. The molecule has 0 unspecified atom stereocenters. The number of rotatable bonds is 8. The number of carbonyl (C=O) groups excluding carboxylic acids is 1. The maximum absolute atomic E-state index is 12.5. The van der Waals surface area contributed by atoms with Gasteiger partial charge in [-0.1, -0.05) is 112 Å². The second-order valence-corrected chi connectivity index (χ2v) is 16.9. The minimum Gasteiger partial charge on any atom is -0.445 e. The zero-order valence-electron chi connectivity index (χ0n) is 24.8. The molecule has 0 radical (unpaired) electrons. The van der Waals surface area contributed by atoms with E-state index >= 15 is 0 Å². The topological polar surface area (TPSA) is 60.0 Å².